The molecule has 0 aliphatic carbocycles. The molecule has 0 aromatic heterocycles. The number of hydrogen-bond donors (Lipinski definition) is 1. The number of amides is 1. The van der Waals surface area contributed by atoms with Crippen molar-refractivity contribution >= 4 is 11.6 Å². The van der Waals surface area contributed by atoms with E-state index in [2.05, 4.69) is 11.2 Å². The van der Waals surface area contributed by atoms with Crippen LogP contribution in [0.5, 0.6) is 11.5 Å². The lowest BCUT2D eigenvalue weighted by atomic mass is 10.2. The van der Waals surface area contributed by atoms with Crippen LogP contribution in [-0.4, -0.2) is 19.6 Å². The number of ether oxygens (including phenoxy) is 2. The molecule has 0 atom stereocenters. The second-order valence-electron chi connectivity index (χ2n) is 4.17. The summed E-state index contributed by atoms with van der Waals surface area (Å²) >= 11 is 0. The first kappa shape index (κ1) is 14.5. The van der Waals surface area contributed by atoms with Crippen molar-refractivity contribution in [2.24, 2.45) is 0 Å². The molecule has 0 radical (unpaired) electrons. The second kappa shape index (κ2) is 7.01. The summed E-state index contributed by atoms with van der Waals surface area (Å²) in [4.78, 5) is 12.2. The Balaban J connectivity index is 2.07. The van der Waals surface area contributed by atoms with Crippen molar-refractivity contribution in [3.63, 3.8) is 0 Å². The molecular weight excluding hydrogens is 266 g/mol. The molecule has 2 aromatic carbocycles. The van der Waals surface area contributed by atoms with E-state index in [-0.39, 0.29) is 12.5 Å². The van der Waals surface area contributed by atoms with Crippen LogP contribution in [0.1, 0.15) is 10.4 Å². The molecule has 4 nitrogen and oxygen atoms in total. The molecule has 0 aliphatic rings. The van der Waals surface area contributed by atoms with Gasteiger partial charge < -0.3 is 14.8 Å². The third kappa shape index (κ3) is 3.77. The summed E-state index contributed by atoms with van der Waals surface area (Å²) in [6.45, 7) is 0.215. The van der Waals surface area contributed by atoms with Crippen molar-refractivity contribution in [2.45, 2.75) is 0 Å². The molecule has 0 saturated carbocycles. The minimum atomic E-state index is -0.232. The highest BCUT2D eigenvalue weighted by molar-refractivity contribution is 6.06. The fourth-order valence-electron chi connectivity index (χ4n) is 1.79. The number of carbonyl (C=O) groups excluding carboxylic acids is 1. The molecule has 0 aliphatic heterocycles. The Morgan fingerprint density at radius 3 is 2.57 bits per heavy atom. The summed E-state index contributed by atoms with van der Waals surface area (Å²) in [6, 6.07) is 14.0. The van der Waals surface area contributed by atoms with E-state index in [1.807, 2.05) is 6.07 Å². The predicted octanol–water partition coefficient (Wildman–Crippen LogP) is 2.96. The van der Waals surface area contributed by atoms with Crippen LogP contribution in [0.3, 0.4) is 0 Å². The van der Waals surface area contributed by atoms with E-state index in [4.69, 9.17) is 15.9 Å². The van der Waals surface area contributed by atoms with E-state index >= 15 is 0 Å². The summed E-state index contributed by atoms with van der Waals surface area (Å²) in [5.74, 6) is 3.35. The quantitative estimate of drug-likeness (QED) is 0.857. The fourth-order valence-corrected chi connectivity index (χ4v) is 1.79. The number of benzene rings is 2. The van der Waals surface area contributed by atoms with Crippen molar-refractivity contribution in [3.05, 3.63) is 54.1 Å². The van der Waals surface area contributed by atoms with Crippen LogP contribution in [0.2, 0.25) is 0 Å². The maximum absolute atomic E-state index is 12.2. The maximum Gasteiger partial charge on any atom is 0.259 e. The van der Waals surface area contributed by atoms with Crippen LogP contribution in [-0.2, 0) is 0 Å². The van der Waals surface area contributed by atoms with Crippen molar-refractivity contribution < 1.29 is 14.3 Å². The van der Waals surface area contributed by atoms with Gasteiger partial charge in [0.25, 0.3) is 5.91 Å². The summed E-state index contributed by atoms with van der Waals surface area (Å²) in [5, 5.41) is 2.80. The number of terminal acetylenes is 1. The third-order valence-corrected chi connectivity index (χ3v) is 2.79. The molecule has 1 N–H and O–H groups in total. The van der Waals surface area contributed by atoms with Gasteiger partial charge in [-0.05, 0) is 36.4 Å². The normalized spacial score (nSPS) is 9.52. The van der Waals surface area contributed by atoms with Crippen LogP contribution >= 0.6 is 0 Å². The van der Waals surface area contributed by atoms with Gasteiger partial charge in [0.05, 0.1) is 12.7 Å². The van der Waals surface area contributed by atoms with E-state index in [0.29, 0.717) is 22.7 Å². The van der Waals surface area contributed by atoms with Gasteiger partial charge in [-0.2, -0.15) is 0 Å². The summed E-state index contributed by atoms with van der Waals surface area (Å²) in [6.07, 6.45) is 5.12. The molecule has 0 spiro atoms. The van der Waals surface area contributed by atoms with E-state index in [1.165, 1.54) is 7.11 Å². The average Bonchev–Trinajstić information content (AvgIpc) is 2.54. The molecule has 2 rings (SSSR count). The Labute approximate surface area is 123 Å². The first-order valence-corrected chi connectivity index (χ1v) is 6.35. The van der Waals surface area contributed by atoms with Gasteiger partial charge in [0.2, 0.25) is 0 Å². The van der Waals surface area contributed by atoms with E-state index in [9.17, 15) is 4.79 Å². The molecule has 4 heteroatoms. The summed E-state index contributed by atoms with van der Waals surface area (Å²) in [7, 11) is 1.53. The lowest BCUT2D eigenvalue weighted by molar-refractivity contribution is 0.102. The molecule has 0 saturated heterocycles. The number of methoxy groups -OCH3 is 1. The zero-order valence-corrected chi connectivity index (χ0v) is 11.6. The number of anilines is 1. The van der Waals surface area contributed by atoms with Crippen LogP contribution in [0, 0.1) is 12.3 Å². The van der Waals surface area contributed by atoms with Crippen molar-refractivity contribution in [2.75, 3.05) is 19.0 Å². The molecule has 0 heterocycles. The zero-order valence-electron chi connectivity index (χ0n) is 11.6. The van der Waals surface area contributed by atoms with Gasteiger partial charge in [0.1, 0.15) is 18.1 Å². The minimum Gasteiger partial charge on any atom is -0.496 e. The molecule has 0 bridgehead atoms. The van der Waals surface area contributed by atoms with Gasteiger partial charge >= 0.3 is 0 Å². The Morgan fingerprint density at radius 2 is 1.90 bits per heavy atom. The van der Waals surface area contributed by atoms with Gasteiger partial charge in [-0.25, -0.2) is 0 Å². The molecule has 2 aromatic rings. The number of hydrogen-bond acceptors (Lipinski definition) is 3. The molecule has 1 amide bonds. The standard InChI is InChI=1S/C17H15NO3/c1-3-12-21-14-10-8-13(9-11-14)18-17(19)15-6-4-5-7-16(15)20-2/h1,4-11H,12H2,2H3,(H,18,19). The largest absolute Gasteiger partial charge is 0.496 e. The van der Waals surface area contributed by atoms with Crippen LogP contribution < -0.4 is 14.8 Å². The first-order chi connectivity index (χ1) is 10.2. The average molecular weight is 281 g/mol. The van der Waals surface area contributed by atoms with Crippen LogP contribution in [0.15, 0.2) is 48.5 Å². The second-order valence-corrected chi connectivity index (χ2v) is 4.17. The maximum atomic E-state index is 12.2. The third-order valence-electron chi connectivity index (χ3n) is 2.79. The summed E-state index contributed by atoms with van der Waals surface area (Å²) < 4.78 is 10.4. The van der Waals surface area contributed by atoms with Crippen molar-refractivity contribution in [1.29, 1.82) is 0 Å². The first-order valence-electron chi connectivity index (χ1n) is 6.35. The highest BCUT2D eigenvalue weighted by Gasteiger charge is 2.11. The topological polar surface area (TPSA) is 47.6 Å². The number of rotatable bonds is 5. The van der Waals surface area contributed by atoms with E-state index in [0.717, 1.165) is 0 Å². The van der Waals surface area contributed by atoms with Gasteiger partial charge in [0, 0.05) is 5.69 Å². The molecule has 106 valence electrons. The van der Waals surface area contributed by atoms with Crippen molar-refractivity contribution in [3.8, 4) is 23.8 Å². The number of carbonyl (C=O) groups is 1. The van der Waals surface area contributed by atoms with Crippen molar-refractivity contribution in [1.82, 2.24) is 0 Å². The minimum absolute atomic E-state index is 0.215. The smallest absolute Gasteiger partial charge is 0.259 e. The zero-order chi connectivity index (χ0) is 15.1. The fraction of sp³-hybridized carbons (Fsp3) is 0.118. The lowest BCUT2D eigenvalue weighted by Crippen LogP contribution is -2.13. The molecule has 0 unspecified atom stereocenters. The van der Waals surface area contributed by atoms with Crippen LogP contribution in [0.4, 0.5) is 5.69 Å². The molecule has 0 fully saturated rings. The number of para-hydroxylation sites is 1. The monoisotopic (exact) mass is 281 g/mol. The lowest BCUT2D eigenvalue weighted by Gasteiger charge is -2.09. The molecule has 21 heavy (non-hydrogen) atoms. The Kier molecular flexibility index (Phi) is 4.84. The Hall–Kier alpha value is -2.93. The van der Waals surface area contributed by atoms with Gasteiger partial charge in [-0.3, -0.25) is 4.79 Å². The van der Waals surface area contributed by atoms with Crippen LogP contribution in [0.25, 0.3) is 0 Å². The SMILES string of the molecule is C#CCOc1ccc(NC(=O)c2ccccc2OC)cc1. The van der Waals surface area contributed by atoms with E-state index < -0.39 is 0 Å². The molecular formula is C17H15NO3. The van der Waals surface area contributed by atoms with E-state index in [1.54, 1.807) is 42.5 Å². The highest BCUT2D eigenvalue weighted by Crippen LogP contribution is 2.20. The Bertz CT molecular complexity index is 656. The highest BCUT2D eigenvalue weighted by atomic mass is 16.5. The number of nitrogens with one attached hydrogen (secondary N) is 1. The van der Waals surface area contributed by atoms with Gasteiger partial charge in [-0.15, -0.1) is 6.42 Å². The van der Waals surface area contributed by atoms with Gasteiger partial charge in [0.15, 0.2) is 0 Å². The predicted molar refractivity (Wildman–Crippen MR) is 81.7 cm³/mol. The van der Waals surface area contributed by atoms with Gasteiger partial charge in [-0.1, -0.05) is 18.1 Å². The Morgan fingerprint density at radius 1 is 1.19 bits per heavy atom. The summed E-state index contributed by atoms with van der Waals surface area (Å²) in [5.41, 5.74) is 1.15.